The van der Waals surface area contributed by atoms with Crippen molar-refractivity contribution >= 4 is 27.8 Å². The number of aryl methyl sites for hydroxylation is 1. The number of rotatable bonds is 3. The van der Waals surface area contributed by atoms with Crippen LogP contribution in [0.15, 0.2) is 91.0 Å². The lowest BCUT2D eigenvalue weighted by Crippen LogP contribution is -2.09. The number of carbonyl (C=O) groups excluding carboxylic acids is 1. The minimum atomic E-state index is -0.347. The van der Waals surface area contributed by atoms with Crippen molar-refractivity contribution in [3.8, 4) is 11.4 Å². The van der Waals surface area contributed by atoms with E-state index in [9.17, 15) is 4.79 Å². The van der Waals surface area contributed by atoms with Gasteiger partial charge < -0.3 is 9.30 Å². The van der Waals surface area contributed by atoms with Gasteiger partial charge in [0.1, 0.15) is 5.75 Å². The summed E-state index contributed by atoms with van der Waals surface area (Å²) in [6.45, 7) is 4.11. The van der Waals surface area contributed by atoms with Gasteiger partial charge in [-0.3, -0.25) is 0 Å². The molecule has 0 amide bonds. The van der Waals surface area contributed by atoms with Crippen molar-refractivity contribution in [2.75, 3.05) is 0 Å². The van der Waals surface area contributed by atoms with Gasteiger partial charge in [0.2, 0.25) is 0 Å². The van der Waals surface area contributed by atoms with E-state index in [2.05, 4.69) is 47.9 Å². The van der Waals surface area contributed by atoms with Crippen molar-refractivity contribution < 1.29 is 9.53 Å². The molecule has 0 saturated heterocycles. The molecule has 30 heavy (non-hydrogen) atoms. The molecular weight excluding hydrogens is 370 g/mol. The molecule has 3 nitrogen and oxygen atoms in total. The highest BCUT2D eigenvalue weighted by Crippen LogP contribution is 2.38. The number of carbonyl (C=O) groups is 1. The van der Waals surface area contributed by atoms with E-state index in [1.807, 2.05) is 49.4 Å². The number of hydrogen-bond donors (Lipinski definition) is 0. The minimum Gasteiger partial charge on any atom is -0.423 e. The highest BCUT2D eigenvalue weighted by atomic mass is 16.5. The van der Waals surface area contributed by atoms with Gasteiger partial charge in [-0.2, -0.15) is 0 Å². The molecule has 146 valence electrons. The van der Waals surface area contributed by atoms with Gasteiger partial charge in [0.25, 0.3) is 0 Å². The lowest BCUT2D eigenvalue weighted by atomic mass is 10.0. The zero-order valence-corrected chi connectivity index (χ0v) is 16.9. The normalized spacial score (nSPS) is 11.1. The molecule has 4 aromatic carbocycles. The van der Waals surface area contributed by atoms with Gasteiger partial charge in [-0.1, -0.05) is 54.6 Å². The topological polar surface area (TPSA) is 31.2 Å². The number of fused-ring (bicyclic) bond motifs is 3. The number of para-hydroxylation sites is 2. The smallest absolute Gasteiger partial charge is 0.343 e. The first-order chi connectivity index (χ1) is 14.6. The van der Waals surface area contributed by atoms with E-state index >= 15 is 0 Å². The summed E-state index contributed by atoms with van der Waals surface area (Å²) in [7, 11) is 0. The molecule has 0 aliphatic carbocycles. The Balaban J connectivity index is 1.76. The fourth-order valence-corrected chi connectivity index (χ4v) is 4.09. The summed E-state index contributed by atoms with van der Waals surface area (Å²) in [5, 5.41) is 2.38. The van der Waals surface area contributed by atoms with Gasteiger partial charge in [0.15, 0.2) is 0 Å². The van der Waals surface area contributed by atoms with E-state index in [0.717, 1.165) is 27.8 Å². The molecule has 0 bridgehead atoms. The van der Waals surface area contributed by atoms with E-state index in [1.54, 1.807) is 12.1 Å². The molecule has 0 saturated carbocycles. The van der Waals surface area contributed by atoms with Gasteiger partial charge in [0.05, 0.1) is 16.6 Å². The van der Waals surface area contributed by atoms with E-state index in [1.165, 1.54) is 10.8 Å². The Morgan fingerprint density at radius 3 is 2.10 bits per heavy atom. The molecule has 3 heteroatoms. The summed E-state index contributed by atoms with van der Waals surface area (Å²) >= 11 is 0. The van der Waals surface area contributed by atoms with Crippen molar-refractivity contribution in [3.63, 3.8) is 0 Å². The van der Waals surface area contributed by atoms with Crippen LogP contribution in [0, 0.1) is 13.8 Å². The molecule has 0 aliphatic rings. The third-order valence-corrected chi connectivity index (χ3v) is 5.71. The first-order valence-corrected chi connectivity index (χ1v) is 10.0. The second-order valence-corrected chi connectivity index (χ2v) is 7.46. The van der Waals surface area contributed by atoms with Gasteiger partial charge in [0, 0.05) is 22.5 Å². The lowest BCUT2D eigenvalue weighted by molar-refractivity contribution is 0.0733. The highest BCUT2D eigenvalue weighted by molar-refractivity contribution is 6.11. The number of aromatic nitrogens is 1. The van der Waals surface area contributed by atoms with Crippen LogP contribution in [0.3, 0.4) is 0 Å². The van der Waals surface area contributed by atoms with Gasteiger partial charge in [-0.05, 0) is 55.3 Å². The van der Waals surface area contributed by atoms with Crippen LogP contribution in [0.4, 0.5) is 0 Å². The van der Waals surface area contributed by atoms with Crippen molar-refractivity contribution in [3.05, 3.63) is 108 Å². The Bertz CT molecular complexity index is 1380. The first kappa shape index (κ1) is 18.2. The van der Waals surface area contributed by atoms with E-state index in [-0.39, 0.29) is 5.97 Å². The van der Waals surface area contributed by atoms with Gasteiger partial charge in [-0.25, -0.2) is 4.79 Å². The number of hydrogen-bond acceptors (Lipinski definition) is 2. The van der Waals surface area contributed by atoms with E-state index in [4.69, 9.17) is 4.74 Å². The average Bonchev–Trinajstić information content (AvgIpc) is 3.12. The molecule has 5 aromatic rings. The Hall–Kier alpha value is -3.85. The molecule has 5 rings (SSSR count). The van der Waals surface area contributed by atoms with E-state index < -0.39 is 0 Å². The molecule has 1 aromatic heterocycles. The van der Waals surface area contributed by atoms with Crippen LogP contribution in [0.1, 0.15) is 21.5 Å². The summed E-state index contributed by atoms with van der Waals surface area (Å²) < 4.78 is 8.09. The number of esters is 1. The fraction of sp³-hybridized carbons (Fsp3) is 0.0741. The number of benzene rings is 4. The minimum absolute atomic E-state index is 0.347. The third-order valence-electron chi connectivity index (χ3n) is 5.71. The lowest BCUT2D eigenvalue weighted by Gasteiger charge is -2.13. The zero-order chi connectivity index (χ0) is 20.7. The summed E-state index contributed by atoms with van der Waals surface area (Å²) in [4.78, 5) is 12.7. The van der Waals surface area contributed by atoms with Crippen molar-refractivity contribution in [2.24, 2.45) is 0 Å². The molecule has 0 fully saturated rings. The summed E-state index contributed by atoms with van der Waals surface area (Å²) in [6.07, 6.45) is 0. The fourth-order valence-electron chi connectivity index (χ4n) is 4.09. The second kappa shape index (κ2) is 7.20. The standard InChI is InChI=1S/C27H21NO2/c1-18-19(2)26-22-15-9-10-16-23(22)28(21-13-7-4-8-14-21)24(26)17-25(18)30-27(29)20-11-5-3-6-12-20/h3-17H,1-2H3. The van der Waals surface area contributed by atoms with Crippen LogP contribution in [0.5, 0.6) is 5.75 Å². The maximum absolute atomic E-state index is 12.7. The zero-order valence-electron chi connectivity index (χ0n) is 16.9. The predicted octanol–water partition coefficient (Wildman–Crippen LogP) is 6.62. The van der Waals surface area contributed by atoms with Crippen LogP contribution in [-0.4, -0.2) is 10.5 Å². The summed E-state index contributed by atoms with van der Waals surface area (Å²) in [6, 6.07) is 29.8. The molecule has 0 aliphatic heterocycles. The molecule has 0 N–H and O–H groups in total. The monoisotopic (exact) mass is 391 g/mol. The SMILES string of the molecule is Cc1c(OC(=O)c2ccccc2)cc2c(c1C)c1ccccc1n2-c1ccccc1. The maximum atomic E-state index is 12.7. The summed E-state index contributed by atoms with van der Waals surface area (Å²) in [5.41, 5.74) is 5.87. The molecular formula is C27H21NO2. The molecule has 0 unspecified atom stereocenters. The largest absolute Gasteiger partial charge is 0.423 e. The Kier molecular flexibility index (Phi) is 4.36. The van der Waals surface area contributed by atoms with Crippen LogP contribution < -0.4 is 4.74 Å². The Morgan fingerprint density at radius 1 is 0.733 bits per heavy atom. The molecule has 0 atom stereocenters. The maximum Gasteiger partial charge on any atom is 0.343 e. The van der Waals surface area contributed by atoms with Crippen LogP contribution in [0.2, 0.25) is 0 Å². The van der Waals surface area contributed by atoms with Crippen molar-refractivity contribution in [1.82, 2.24) is 4.57 Å². The average molecular weight is 391 g/mol. The van der Waals surface area contributed by atoms with Crippen molar-refractivity contribution in [2.45, 2.75) is 13.8 Å². The predicted molar refractivity (Wildman–Crippen MR) is 122 cm³/mol. The Morgan fingerprint density at radius 2 is 1.37 bits per heavy atom. The summed E-state index contributed by atoms with van der Waals surface area (Å²) in [5.74, 6) is 0.244. The second-order valence-electron chi connectivity index (χ2n) is 7.46. The molecule has 1 heterocycles. The third kappa shape index (κ3) is 2.87. The quantitative estimate of drug-likeness (QED) is 0.256. The molecule has 0 radical (unpaired) electrons. The highest BCUT2D eigenvalue weighted by Gasteiger charge is 2.19. The van der Waals surface area contributed by atoms with Gasteiger partial charge >= 0.3 is 5.97 Å². The Labute approximate surface area is 175 Å². The number of nitrogens with zero attached hydrogens (tertiary/aromatic N) is 1. The van der Waals surface area contributed by atoms with Crippen molar-refractivity contribution in [1.29, 1.82) is 0 Å². The molecule has 0 spiro atoms. The van der Waals surface area contributed by atoms with E-state index in [0.29, 0.717) is 11.3 Å². The number of ether oxygens (including phenoxy) is 1. The van der Waals surface area contributed by atoms with Crippen LogP contribution in [-0.2, 0) is 0 Å². The first-order valence-electron chi connectivity index (χ1n) is 10.0. The van der Waals surface area contributed by atoms with Gasteiger partial charge in [-0.15, -0.1) is 0 Å². The van der Waals surface area contributed by atoms with Crippen LogP contribution >= 0.6 is 0 Å². The van der Waals surface area contributed by atoms with Crippen LogP contribution in [0.25, 0.3) is 27.5 Å².